The zero-order chi connectivity index (χ0) is 16.5. The van der Waals surface area contributed by atoms with Gasteiger partial charge in [-0.25, -0.2) is 0 Å². The number of aliphatic hydroxyl groups is 1. The first-order valence-corrected chi connectivity index (χ1v) is 7.78. The lowest BCUT2D eigenvalue weighted by atomic mass is 9.60. The van der Waals surface area contributed by atoms with E-state index in [-0.39, 0.29) is 28.2 Å². The third-order valence-electron chi connectivity index (χ3n) is 6.60. The summed E-state index contributed by atoms with van der Waals surface area (Å²) in [4.78, 5) is 6.41. The van der Waals surface area contributed by atoms with Crippen molar-refractivity contribution in [1.82, 2.24) is 9.88 Å². The van der Waals surface area contributed by atoms with E-state index >= 15 is 0 Å². The maximum atomic E-state index is 10.9. The van der Waals surface area contributed by atoms with Gasteiger partial charge in [0.15, 0.2) is 0 Å². The van der Waals surface area contributed by atoms with Gasteiger partial charge in [-0.1, -0.05) is 33.8 Å². The van der Waals surface area contributed by atoms with Gasteiger partial charge in [-0.2, -0.15) is 0 Å². The Bertz CT molecular complexity index is 671. The van der Waals surface area contributed by atoms with Gasteiger partial charge < -0.3 is 10.0 Å². The van der Waals surface area contributed by atoms with E-state index in [1.807, 2.05) is 18.2 Å². The first-order valence-electron chi connectivity index (χ1n) is 7.78. The molecular formula is C18H25N3O. The zero-order valence-electron chi connectivity index (χ0n) is 14.2. The molecule has 2 aliphatic heterocycles. The van der Waals surface area contributed by atoms with Crippen LogP contribution < -0.4 is 0 Å². The van der Waals surface area contributed by atoms with Gasteiger partial charge in [0.2, 0.25) is 0 Å². The highest BCUT2D eigenvalue weighted by molar-refractivity contribution is 6.24. The predicted molar refractivity (Wildman–Crippen MR) is 88.8 cm³/mol. The third kappa shape index (κ3) is 1.48. The average Bonchev–Trinajstić information content (AvgIpc) is 2.76. The van der Waals surface area contributed by atoms with Crippen LogP contribution in [-0.2, 0) is 0 Å². The molecule has 118 valence electrons. The van der Waals surface area contributed by atoms with Gasteiger partial charge in [-0.3, -0.25) is 10.4 Å². The fourth-order valence-electron chi connectivity index (χ4n) is 4.09. The Morgan fingerprint density at radius 3 is 2.27 bits per heavy atom. The first-order chi connectivity index (χ1) is 10.0. The van der Waals surface area contributed by atoms with Crippen molar-refractivity contribution in [3.8, 4) is 0 Å². The molecule has 22 heavy (non-hydrogen) atoms. The van der Waals surface area contributed by atoms with E-state index in [9.17, 15) is 5.11 Å². The molecule has 2 N–H and O–H groups in total. The molecule has 4 nitrogen and oxygen atoms in total. The summed E-state index contributed by atoms with van der Waals surface area (Å²) in [5.41, 5.74) is 0.790. The number of hydrogen-bond acceptors (Lipinski definition) is 3. The van der Waals surface area contributed by atoms with Gasteiger partial charge in [-0.05, 0) is 36.8 Å². The number of pyridine rings is 1. The second-order valence-corrected chi connectivity index (χ2v) is 8.00. The second-order valence-electron chi connectivity index (χ2n) is 8.00. The Morgan fingerprint density at radius 1 is 1.14 bits per heavy atom. The Labute approximate surface area is 132 Å². The number of fused-ring (bicyclic) bond motifs is 1. The quantitative estimate of drug-likeness (QED) is 0.828. The lowest BCUT2D eigenvalue weighted by Crippen LogP contribution is -2.50. The van der Waals surface area contributed by atoms with Crippen molar-refractivity contribution in [3.63, 3.8) is 0 Å². The highest BCUT2D eigenvalue weighted by Crippen LogP contribution is 2.63. The minimum absolute atomic E-state index is 0.0550. The van der Waals surface area contributed by atoms with Crippen LogP contribution in [0.3, 0.4) is 0 Å². The van der Waals surface area contributed by atoms with Gasteiger partial charge >= 0.3 is 0 Å². The molecule has 0 bridgehead atoms. The smallest absolute Gasteiger partial charge is 0.134 e. The molecule has 0 unspecified atom stereocenters. The molecule has 1 saturated heterocycles. The van der Waals surface area contributed by atoms with E-state index in [4.69, 9.17) is 5.41 Å². The molecule has 0 amide bonds. The van der Waals surface area contributed by atoms with Crippen molar-refractivity contribution >= 4 is 11.4 Å². The number of nitrogens with zero attached hydrogens (tertiary/aromatic N) is 2. The fraction of sp³-hybridized carbons (Fsp3) is 0.556. The summed E-state index contributed by atoms with van der Waals surface area (Å²) in [5, 5.41) is 19.6. The number of rotatable bonds is 1. The summed E-state index contributed by atoms with van der Waals surface area (Å²) >= 11 is 0. The molecule has 1 fully saturated rings. The Balaban J connectivity index is 2.22. The van der Waals surface area contributed by atoms with Crippen LogP contribution in [0.5, 0.6) is 0 Å². The SMILES string of the molecule is CC1(C)[C@H]2C(O)=C(c3ccccn3)C(=N)N2C(C)(C)C1(C)C. The normalized spacial score (nSPS) is 28.2. The van der Waals surface area contributed by atoms with Gasteiger partial charge in [0, 0.05) is 11.7 Å². The molecule has 4 heteroatoms. The lowest BCUT2D eigenvalue weighted by Gasteiger charge is -2.45. The molecule has 2 aliphatic rings. The first kappa shape index (κ1) is 15.1. The molecule has 0 aromatic carbocycles. The Morgan fingerprint density at radius 2 is 1.77 bits per heavy atom. The molecule has 1 atom stereocenters. The average molecular weight is 299 g/mol. The van der Waals surface area contributed by atoms with Crippen molar-refractivity contribution in [2.45, 2.75) is 53.1 Å². The summed E-state index contributed by atoms with van der Waals surface area (Å²) in [6.45, 7) is 13.2. The molecule has 0 saturated carbocycles. The summed E-state index contributed by atoms with van der Waals surface area (Å²) in [5.74, 6) is 0.664. The van der Waals surface area contributed by atoms with E-state index in [1.165, 1.54) is 0 Å². The lowest BCUT2D eigenvalue weighted by molar-refractivity contribution is 0.0803. The standard InChI is InChI=1S/C18H25N3O/c1-16(2)14-13(22)12(11-9-7-8-10-20-11)15(19)21(14)18(5,6)17(16,3)4/h7-10,14,19,22H,1-6H3/t14-/m1/s1. The number of amidine groups is 1. The predicted octanol–water partition coefficient (Wildman–Crippen LogP) is 3.86. The Hall–Kier alpha value is -1.84. The van der Waals surface area contributed by atoms with Crippen molar-refractivity contribution in [2.75, 3.05) is 0 Å². The molecule has 1 aromatic rings. The minimum Gasteiger partial charge on any atom is -0.509 e. The van der Waals surface area contributed by atoms with Crippen LogP contribution in [0.1, 0.15) is 47.2 Å². The third-order valence-corrected chi connectivity index (χ3v) is 6.60. The maximum Gasteiger partial charge on any atom is 0.134 e. The zero-order valence-corrected chi connectivity index (χ0v) is 14.2. The topological polar surface area (TPSA) is 60.2 Å². The van der Waals surface area contributed by atoms with Crippen LogP contribution in [-0.4, -0.2) is 32.4 Å². The molecule has 3 heterocycles. The highest BCUT2D eigenvalue weighted by atomic mass is 16.3. The Kier molecular flexibility index (Phi) is 2.82. The van der Waals surface area contributed by atoms with Crippen molar-refractivity contribution in [2.24, 2.45) is 10.8 Å². The van der Waals surface area contributed by atoms with Crippen LogP contribution in [0.25, 0.3) is 5.57 Å². The number of nitrogens with one attached hydrogen (secondary N) is 1. The van der Waals surface area contributed by atoms with Gasteiger partial charge in [0.05, 0.1) is 17.3 Å². The molecule has 0 spiro atoms. The largest absolute Gasteiger partial charge is 0.509 e. The summed E-state index contributed by atoms with van der Waals surface area (Å²) < 4.78 is 0. The fourth-order valence-corrected chi connectivity index (χ4v) is 4.09. The van der Waals surface area contributed by atoms with E-state index in [0.29, 0.717) is 17.1 Å². The second kappa shape index (κ2) is 4.12. The van der Waals surface area contributed by atoms with Crippen molar-refractivity contribution in [1.29, 1.82) is 5.41 Å². The molecule has 3 rings (SSSR count). The van der Waals surface area contributed by atoms with Gasteiger partial charge in [0.1, 0.15) is 11.6 Å². The van der Waals surface area contributed by atoms with Crippen LogP contribution in [0, 0.1) is 16.2 Å². The molecule has 0 aliphatic carbocycles. The number of aromatic nitrogens is 1. The van der Waals surface area contributed by atoms with E-state index in [0.717, 1.165) is 0 Å². The molecular weight excluding hydrogens is 274 g/mol. The van der Waals surface area contributed by atoms with E-state index < -0.39 is 0 Å². The van der Waals surface area contributed by atoms with Crippen LogP contribution in [0.2, 0.25) is 0 Å². The maximum absolute atomic E-state index is 10.9. The van der Waals surface area contributed by atoms with Gasteiger partial charge in [0.25, 0.3) is 0 Å². The highest BCUT2D eigenvalue weighted by Gasteiger charge is 2.67. The van der Waals surface area contributed by atoms with Crippen LogP contribution in [0.15, 0.2) is 30.2 Å². The number of hydrogen-bond donors (Lipinski definition) is 2. The van der Waals surface area contributed by atoms with Crippen LogP contribution >= 0.6 is 0 Å². The van der Waals surface area contributed by atoms with Gasteiger partial charge in [-0.15, -0.1) is 0 Å². The molecule has 1 aromatic heterocycles. The van der Waals surface area contributed by atoms with Crippen LogP contribution in [0.4, 0.5) is 0 Å². The summed E-state index contributed by atoms with van der Waals surface area (Å²) in [7, 11) is 0. The van der Waals surface area contributed by atoms with E-state index in [2.05, 4.69) is 51.4 Å². The van der Waals surface area contributed by atoms with Crippen molar-refractivity contribution < 1.29 is 5.11 Å². The minimum atomic E-state index is -0.233. The number of aliphatic hydroxyl groups excluding tert-OH is 1. The summed E-state index contributed by atoms with van der Waals surface area (Å²) in [6.07, 6.45) is 1.70. The molecule has 0 radical (unpaired) electrons. The summed E-state index contributed by atoms with van der Waals surface area (Å²) in [6, 6.07) is 5.41. The van der Waals surface area contributed by atoms with Crippen molar-refractivity contribution in [3.05, 3.63) is 35.8 Å². The monoisotopic (exact) mass is 299 g/mol. The van der Waals surface area contributed by atoms with E-state index in [1.54, 1.807) is 6.20 Å².